The number of nitrogens with one attached hydrogen (secondary N) is 2. The Morgan fingerprint density at radius 3 is 3.24 bits per heavy atom. The van der Waals surface area contributed by atoms with Crippen molar-refractivity contribution in [1.29, 1.82) is 0 Å². The summed E-state index contributed by atoms with van der Waals surface area (Å²) in [5.74, 6) is 0.289. The first-order valence-electron chi connectivity index (χ1n) is 6.40. The second kappa shape index (κ2) is 5.87. The molecule has 1 amide bonds. The first-order chi connectivity index (χ1) is 8.33. The van der Waals surface area contributed by atoms with Gasteiger partial charge in [0.2, 0.25) is 5.91 Å². The highest BCUT2D eigenvalue weighted by Crippen LogP contribution is 2.31. The number of rotatable bonds is 5. The number of hydrogen-bond donors (Lipinski definition) is 2. The molecule has 1 fully saturated rings. The van der Waals surface area contributed by atoms with Gasteiger partial charge in [0.15, 0.2) is 0 Å². The molecular weight excluding hydrogens is 214 g/mol. The van der Waals surface area contributed by atoms with Crippen LogP contribution in [0, 0.1) is 0 Å². The zero-order valence-corrected chi connectivity index (χ0v) is 10.4. The molecule has 17 heavy (non-hydrogen) atoms. The molecule has 1 saturated heterocycles. The molecule has 0 aromatic carbocycles. The second-order valence-corrected chi connectivity index (χ2v) is 4.58. The topological polar surface area (TPSA) is 48.1 Å². The molecule has 0 radical (unpaired) electrons. The van der Waals surface area contributed by atoms with E-state index >= 15 is 0 Å². The molecule has 1 aliphatic rings. The lowest BCUT2D eigenvalue weighted by Crippen LogP contribution is -2.31. The van der Waals surface area contributed by atoms with Crippen LogP contribution in [0.3, 0.4) is 0 Å². The zero-order chi connectivity index (χ0) is 12.1. The monoisotopic (exact) mass is 235 g/mol. The number of aromatic amines is 1. The molecule has 0 aliphatic carbocycles. The van der Waals surface area contributed by atoms with E-state index in [0.717, 1.165) is 32.4 Å². The SMILES string of the molecule is CNCCCC(=O)N1CCCC1c1ccc[nH]1. The van der Waals surface area contributed by atoms with Gasteiger partial charge in [0.1, 0.15) is 0 Å². The van der Waals surface area contributed by atoms with Crippen molar-refractivity contribution in [3.63, 3.8) is 0 Å². The van der Waals surface area contributed by atoms with Gasteiger partial charge in [-0.15, -0.1) is 0 Å². The summed E-state index contributed by atoms with van der Waals surface area (Å²) in [5.41, 5.74) is 1.17. The maximum atomic E-state index is 12.1. The molecule has 1 aromatic rings. The van der Waals surface area contributed by atoms with Crippen molar-refractivity contribution in [1.82, 2.24) is 15.2 Å². The number of H-pyrrole nitrogens is 1. The summed E-state index contributed by atoms with van der Waals surface area (Å²) >= 11 is 0. The van der Waals surface area contributed by atoms with Gasteiger partial charge in [-0.05, 0) is 45.0 Å². The van der Waals surface area contributed by atoms with Gasteiger partial charge < -0.3 is 15.2 Å². The van der Waals surface area contributed by atoms with Gasteiger partial charge in [-0.1, -0.05) is 0 Å². The molecule has 2 heterocycles. The summed E-state index contributed by atoms with van der Waals surface area (Å²) in [4.78, 5) is 17.4. The van der Waals surface area contributed by atoms with Crippen LogP contribution >= 0.6 is 0 Å². The van der Waals surface area contributed by atoms with E-state index in [4.69, 9.17) is 0 Å². The van der Waals surface area contributed by atoms with Crippen LogP contribution in [0.5, 0.6) is 0 Å². The average molecular weight is 235 g/mol. The predicted octanol–water partition coefficient (Wildman–Crippen LogP) is 1.68. The van der Waals surface area contributed by atoms with Crippen molar-refractivity contribution < 1.29 is 4.79 Å². The summed E-state index contributed by atoms with van der Waals surface area (Å²) in [7, 11) is 1.92. The summed E-state index contributed by atoms with van der Waals surface area (Å²) in [6.07, 6.45) is 5.69. The smallest absolute Gasteiger partial charge is 0.223 e. The second-order valence-electron chi connectivity index (χ2n) is 4.58. The van der Waals surface area contributed by atoms with Crippen molar-refractivity contribution in [3.05, 3.63) is 24.0 Å². The van der Waals surface area contributed by atoms with Gasteiger partial charge >= 0.3 is 0 Å². The lowest BCUT2D eigenvalue weighted by molar-refractivity contribution is -0.132. The fourth-order valence-electron chi connectivity index (χ4n) is 2.50. The molecule has 2 rings (SSSR count). The summed E-state index contributed by atoms with van der Waals surface area (Å²) in [6, 6.07) is 4.34. The van der Waals surface area contributed by atoms with E-state index in [1.807, 2.05) is 24.2 Å². The van der Waals surface area contributed by atoms with Gasteiger partial charge in [-0.25, -0.2) is 0 Å². The third-order valence-corrected chi connectivity index (χ3v) is 3.37. The fourth-order valence-corrected chi connectivity index (χ4v) is 2.50. The van der Waals surface area contributed by atoms with Gasteiger partial charge in [-0.3, -0.25) is 4.79 Å². The predicted molar refractivity (Wildman–Crippen MR) is 67.6 cm³/mol. The number of aromatic nitrogens is 1. The Morgan fingerprint density at radius 2 is 2.53 bits per heavy atom. The van der Waals surface area contributed by atoms with E-state index in [0.29, 0.717) is 6.42 Å². The van der Waals surface area contributed by atoms with Crippen molar-refractivity contribution >= 4 is 5.91 Å². The quantitative estimate of drug-likeness (QED) is 0.763. The number of carbonyl (C=O) groups is 1. The lowest BCUT2D eigenvalue weighted by Gasteiger charge is -2.24. The van der Waals surface area contributed by atoms with Crippen molar-refractivity contribution in [2.24, 2.45) is 0 Å². The van der Waals surface area contributed by atoms with E-state index in [2.05, 4.69) is 16.4 Å². The van der Waals surface area contributed by atoms with Crippen LogP contribution in [0.2, 0.25) is 0 Å². The van der Waals surface area contributed by atoms with Crippen LogP contribution in [-0.4, -0.2) is 35.9 Å². The van der Waals surface area contributed by atoms with Gasteiger partial charge in [0.25, 0.3) is 0 Å². The van der Waals surface area contributed by atoms with E-state index in [9.17, 15) is 4.79 Å². The van der Waals surface area contributed by atoms with Crippen LogP contribution in [-0.2, 0) is 4.79 Å². The number of nitrogens with zero attached hydrogens (tertiary/aromatic N) is 1. The standard InChI is InChI=1S/C13H21N3O/c1-14-8-3-7-13(17)16-10-4-6-12(16)11-5-2-9-15-11/h2,5,9,12,14-15H,3-4,6-8,10H2,1H3. The minimum absolute atomic E-state index is 0.270. The maximum Gasteiger partial charge on any atom is 0.223 e. The van der Waals surface area contributed by atoms with Crippen molar-refractivity contribution in [3.8, 4) is 0 Å². The Bertz CT molecular complexity index is 348. The highest BCUT2D eigenvalue weighted by molar-refractivity contribution is 5.77. The van der Waals surface area contributed by atoms with Crippen LogP contribution < -0.4 is 5.32 Å². The number of amides is 1. The minimum atomic E-state index is 0.270. The third kappa shape index (κ3) is 2.88. The molecule has 2 N–H and O–H groups in total. The first-order valence-corrected chi connectivity index (χ1v) is 6.40. The number of carbonyl (C=O) groups excluding carboxylic acids is 1. The van der Waals surface area contributed by atoms with Crippen LogP contribution in [0.15, 0.2) is 18.3 Å². The molecule has 0 spiro atoms. The Balaban J connectivity index is 1.93. The summed E-state index contributed by atoms with van der Waals surface area (Å²) in [6.45, 7) is 1.81. The molecule has 94 valence electrons. The third-order valence-electron chi connectivity index (χ3n) is 3.37. The van der Waals surface area contributed by atoms with E-state index in [-0.39, 0.29) is 11.9 Å². The summed E-state index contributed by atoms with van der Waals surface area (Å²) < 4.78 is 0. The van der Waals surface area contributed by atoms with Crippen LogP contribution in [0.25, 0.3) is 0 Å². The maximum absolute atomic E-state index is 12.1. The molecule has 1 atom stereocenters. The Morgan fingerprint density at radius 1 is 1.65 bits per heavy atom. The highest BCUT2D eigenvalue weighted by Gasteiger charge is 2.29. The fraction of sp³-hybridized carbons (Fsp3) is 0.615. The van der Waals surface area contributed by atoms with E-state index in [1.54, 1.807) is 0 Å². The van der Waals surface area contributed by atoms with Crippen molar-refractivity contribution in [2.45, 2.75) is 31.7 Å². The molecule has 1 unspecified atom stereocenters. The molecule has 4 nitrogen and oxygen atoms in total. The zero-order valence-electron chi connectivity index (χ0n) is 10.4. The lowest BCUT2D eigenvalue weighted by atomic mass is 10.1. The van der Waals surface area contributed by atoms with E-state index in [1.165, 1.54) is 5.69 Å². The normalized spacial score (nSPS) is 19.8. The van der Waals surface area contributed by atoms with Crippen molar-refractivity contribution in [2.75, 3.05) is 20.1 Å². The van der Waals surface area contributed by atoms with Gasteiger partial charge in [0.05, 0.1) is 6.04 Å². The van der Waals surface area contributed by atoms with Gasteiger partial charge in [-0.2, -0.15) is 0 Å². The molecule has 0 bridgehead atoms. The number of hydrogen-bond acceptors (Lipinski definition) is 2. The molecule has 0 saturated carbocycles. The molecular formula is C13H21N3O. The highest BCUT2D eigenvalue weighted by atomic mass is 16.2. The largest absolute Gasteiger partial charge is 0.363 e. The van der Waals surface area contributed by atoms with E-state index < -0.39 is 0 Å². The van der Waals surface area contributed by atoms with Crippen LogP contribution in [0.4, 0.5) is 0 Å². The Labute approximate surface area is 102 Å². The average Bonchev–Trinajstić information content (AvgIpc) is 2.99. The Kier molecular flexibility index (Phi) is 4.20. The first kappa shape index (κ1) is 12.2. The minimum Gasteiger partial charge on any atom is -0.363 e. The number of likely N-dealkylation sites (tertiary alicyclic amines) is 1. The van der Waals surface area contributed by atoms with Crippen LogP contribution in [0.1, 0.15) is 37.4 Å². The summed E-state index contributed by atoms with van der Waals surface area (Å²) in [5, 5.41) is 3.08. The Hall–Kier alpha value is -1.29. The molecule has 4 heteroatoms. The van der Waals surface area contributed by atoms with Gasteiger partial charge in [0, 0.05) is 24.9 Å². The molecule has 1 aromatic heterocycles. The molecule has 1 aliphatic heterocycles.